The van der Waals surface area contributed by atoms with E-state index in [1.807, 2.05) is 38.1 Å². The summed E-state index contributed by atoms with van der Waals surface area (Å²) in [5.74, 6) is 1.35. The first kappa shape index (κ1) is 19.5. The van der Waals surface area contributed by atoms with Crippen LogP contribution in [0, 0.1) is 11.8 Å². The largest absolute Gasteiger partial charge is 0.418 e. The summed E-state index contributed by atoms with van der Waals surface area (Å²) < 4.78 is 18.9. The van der Waals surface area contributed by atoms with Gasteiger partial charge in [-0.05, 0) is 30.4 Å². The number of hydrogen-bond donors (Lipinski definition) is 2. The van der Waals surface area contributed by atoms with Crippen molar-refractivity contribution in [1.29, 1.82) is 0 Å². The third-order valence-corrected chi connectivity index (χ3v) is 4.83. The van der Waals surface area contributed by atoms with Crippen LogP contribution in [0.2, 0.25) is 0 Å². The highest BCUT2D eigenvalue weighted by atomic mass is 31.2. The maximum absolute atomic E-state index is 13.2. The van der Waals surface area contributed by atoms with Gasteiger partial charge in [0.15, 0.2) is 0 Å². The molecule has 0 spiro atoms. The summed E-state index contributed by atoms with van der Waals surface area (Å²) in [6.07, 6.45) is 6.33. The lowest BCUT2D eigenvalue weighted by Gasteiger charge is -2.26. The Bertz CT molecular complexity index is 541. The molecular weight excluding hydrogens is 307 g/mol. The van der Waals surface area contributed by atoms with Gasteiger partial charge in [-0.15, -0.1) is 6.58 Å². The van der Waals surface area contributed by atoms with Gasteiger partial charge >= 0.3 is 7.67 Å². The molecular formula is C18H29N2O2P. The number of para-hydroxylation sites is 1. The summed E-state index contributed by atoms with van der Waals surface area (Å²) in [4.78, 5) is 0. The highest BCUT2D eigenvalue weighted by Crippen LogP contribution is 2.40. The molecule has 0 heterocycles. The van der Waals surface area contributed by atoms with Crippen molar-refractivity contribution in [2.45, 2.75) is 40.2 Å². The molecule has 0 amide bonds. The van der Waals surface area contributed by atoms with Gasteiger partial charge in [0.2, 0.25) is 0 Å². The predicted molar refractivity (Wildman–Crippen MR) is 98.4 cm³/mol. The fourth-order valence-electron chi connectivity index (χ4n) is 1.88. The average Bonchev–Trinajstić information content (AvgIpc) is 2.50. The van der Waals surface area contributed by atoms with Gasteiger partial charge in [-0.25, -0.2) is 9.65 Å². The van der Waals surface area contributed by atoms with Crippen LogP contribution >= 0.6 is 7.67 Å². The van der Waals surface area contributed by atoms with E-state index in [2.05, 4.69) is 30.6 Å². The van der Waals surface area contributed by atoms with Crippen molar-refractivity contribution in [1.82, 2.24) is 10.2 Å². The van der Waals surface area contributed by atoms with E-state index in [-0.39, 0.29) is 12.0 Å². The van der Waals surface area contributed by atoms with Crippen LogP contribution in [0.3, 0.4) is 0 Å². The molecule has 1 rings (SSSR count). The number of hydrogen-bond acceptors (Lipinski definition) is 2. The molecule has 0 aliphatic carbocycles. The highest BCUT2D eigenvalue weighted by Gasteiger charge is 2.27. The number of rotatable bonds is 10. The number of nitrogens with one attached hydrogen (secondary N) is 2. The zero-order chi connectivity index (χ0) is 17.3. The molecule has 1 aromatic carbocycles. The Morgan fingerprint density at radius 1 is 1.22 bits per heavy atom. The van der Waals surface area contributed by atoms with Gasteiger partial charge in [-0.3, -0.25) is 0 Å². The monoisotopic (exact) mass is 336 g/mol. The van der Waals surface area contributed by atoms with Gasteiger partial charge in [0.25, 0.3) is 0 Å². The molecule has 4 nitrogen and oxygen atoms in total. The lowest BCUT2D eigenvalue weighted by molar-refractivity contribution is 0.433. The van der Waals surface area contributed by atoms with Crippen molar-refractivity contribution in [3.8, 4) is 5.75 Å². The minimum atomic E-state index is -3.29. The van der Waals surface area contributed by atoms with Crippen LogP contribution in [0.15, 0.2) is 55.3 Å². The first-order valence-corrected chi connectivity index (χ1v) is 9.66. The molecule has 0 saturated heterocycles. The predicted octanol–water partition coefficient (Wildman–Crippen LogP) is 5.12. The third kappa shape index (κ3) is 7.54. The summed E-state index contributed by atoms with van der Waals surface area (Å²) in [6.45, 7) is 12.2. The van der Waals surface area contributed by atoms with Crippen molar-refractivity contribution < 1.29 is 9.09 Å². The normalized spacial score (nSPS) is 15.6. The van der Waals surface area contributed by atoms with E-state index in [0.717, 1.165) is 6.42 Å². The molecule has 128 valence electrons. The summed E-state index contributed by atoms with van der Waals surface area (Å²) >= 11 is 0. The summed E-state index contributed by atoms with van der Waals surface area (Å²) in [7, 11) is -3.29. The molecule has 0 saturated carbocycles. The minimum Gasteiger partial charge on any atom is -0.418 e. The fourth-order valence-corrected chi connectivity index (χ4v) is 3.58. The molecule has 0 bridgehead atoms. The van der Waals surface area contributed by atoms with Crippen LogP contribution in [0.5, 0.6) is 5.75 Å². The molecule has 0 aliphatic heterocycles. The second-order valence-corrected chi connectivity index (χ2v) is 8.05. The SMILES string of the molecule is C=CC(NP(=O)(N/C=C/CC(C)C)Oc1ccccc1)C(C)C. The van der Waals surface area contributed by atoms with E-state index in [1.165, 1.54) is 0 Å². The third-order valence-electron chi connectivity index (χ3n) is 3.24. The van der Waals surface area contributed by atoms with Crippen molar-refractivity contribution in [3.05, 3.63) is 55.3 Å². The van der Waals surface area contributed by atoms with Gasteiger partial charge < -0.3 is 9.61 Å². The van der Waals surface area contributed by atoms with Crippen LogP contribution in [0.4, 0.5) is 0 Å². The van der Waals surface area contributed by atoms with E-state index in [9.17, 15) is 4.57 Å². The lowest BCUT2D eigenvalue weighted by Crippen LogP contribution is -2.34. The Balaban J connectivity index is 2.87. The molecule has 2 unspecified atom stereocenters. The van der Waals surface area contributed by atoms with E-state index in [0.29, 0.717) is 11.7 Å². The summed E-state index contributed by atoms with van der Waals surface area (Å²) in [5.41, 5.74) is 0. The van der Waals surface area contributed by atoms with Gasteiger partial charge in [0, 0.05) is 12.2 Å². The lowest BCUT2D eigenvalue weighted by atomic mass is 10.1. The maximum Gasteiger partial charge on any atom is 0.417 e. The zero-order valence-corrected chi connectivity index (χ0v) is 15.4. The molecule has 0 aliphatic rings. The second kappa shape index (κ2) is 9.59. The first-order chi connectivity index (χ1) is 10.9. The smallest absolute Gasteiger partial charge is 0.417 e. The molecule has 2 atom stereocenters. The molecule has 0 fully saturated rings. The van der Waals surface area contributed by atoms with Crippen molar-refractivity contribution in [3.63, 3.8) is 0 Å². The van der Waals surface area contributed by atoms with E-state index < -0.39 is 7.67 Å². The van der Waals surface area contributed by atoms with Gasteiger partial charge in [-0.2, -0.15) is 0 Å². The van der Waals surface area contributed by atoms with Gasteiger partial charge in [-0.1, -0.05) is 58.0 Å². The van der Waals surface area contributed by atoms with Gasteiger partial charge in [0.1, 0.15) is 5.75 Å². The maximum atomic E-state index is 13.2. The molecule has 2 N–H and O–H groups in total. The summed E-state index contributed by atoms with van der Waals surface area (Å²) in [5, 5.41) is 5.98. The Labute approximate surface area is 140 Å². The van der Waals surface area contributed by atoms with E-state index in [1.54, 1.807) is 24.4 Å². The van der Waals surface area contributed by atoms with Crippen molar-refractivity contribution >= 4 is 7.67 Å². The molecule has 0 aromatic heterocycles. The van der Waals surface area contributed by atoms with E-state index in [4.69, 9.17) is 4.52 Å². The number of allylic oxidation sites excluding steroid dienone is 1. The topological polar surface area (TPSA) is 50.4 Å². The minimum absolute atomic E-state index is 0.115. The van der Waals surface area contributed by atoms with Crippen LogP contribution < -0.4 is 14.7 Å². The number of benzene rings is 1. The zero-order valence-electron chi connectivity index (χ0n) is 14.5. The summed E-state index contributed by atoms with van der Waals surface area (Å²) in [6, 6.07) is 9.04. The highest BCUT2D eigenvalue weighted by molar-refractivity contribution is 7.55. The quantitative estimate of drug-likeness (QED) is 0.460. The van der Waals surface area contributed by atoms with Crippen molar-refractivity contribution in [2.24, 2.45) is 11.8 Å². The van der Waals surface area contributed by atoms with Crippen molar-refractivity contribution in [2.75, 3.05) is 0 Å². The fraction of sp³-hybridized carbons (Fsp3) is 0.444. The average molecular weight is 336 g/mol. The molecule has 23 heavy (non-hydrogen) atoms. The first-order valence-electron chi connectivity index (χ1n) is 8.04. The van der Waals surface area contributed by atoms with Gasteiger partial charge in [0.05, 0.1) is 0 Å². The van der Waals surface area contributed by atoms with Crippen LogP contribution in [-0.4, -0.2) is 6.04 Å². The second-order valence-electron chi connectivity index (χ2n) is 6.25. The molecule has 5 heteroatoms. The Morgan fingerprint density at radius 3 is 2.39 bits per heavy atom. The standard InChI is InChI=1S/C18H29N2O2P/c1-6-18(16(4)5)20-23(21,19-14-10-11-15(2)3)22-17-12-8-7-9-13-17/h6-10,12-16,18H,1,11H2,2-5H3,(H2,19,20,21)/b14-10+. The Morgan fingerprint density at radius 2 is 1.87 bits per heavy atom. The van der Waals surface area contributed by atoms with E-state index >= 15 is 0 Å². The molecule has 1 aromatic rings. The van der Waals surface area contributed by atoms with Crippen LogP contribution in [-0.2, 0) is 4.57 Å². The van der Waals surface area contributed by atoms with Crippen LogP contribution in [0.1, 0.15) is 34.1 Å². The Hall–Kier alpha value is -1.51. The van der Waals surface area contributed by atoms with Crippen LogP contribution in [0.25, 0.3) is 0 Å². The molecule has 0 radical (unpaired) electrons. The Kier molecular flexibility index (Phi) is 8.15.